The third-order valence-electron chi connectivity index (χ3n) is 3.93. The Morgan fingerprint density at radius 2 is 2.11 bits per heavy atom. The molecule has 0 radical (unpaired) electrons. The van der Waals surface area contributed by atoms with Gasteiger partial charge in [0.2, 0.25) is 5.91 Å². The van der Waals surface area contributed by atoms with E-state index in [1.54, 1.807) is 11.0 Å². The molecule has 2 aliphatic rings. The number of nitrogens with zero attached hydrogens (tertiary/aromatic N) is 2. The molecule has 2 atom stereocenters. The Morgan fingerprint density at radius 3 is 2.79 bits per heavy atom. The minimum Gasteiger partial charge on any atom is -0.392 e. The topological polar surface area (TPSA) is 43.8 Å². The number of hydrogen-bond donors (Lipinski definition) is 1. The molecule has 2 aliphatic heterocycles. The van der Waals surface area contributed by atoms with Crippen molar-refractivity contribution in [2.24, 2.45) is 0 Å². The van der Waals surface area contributed by atoms with Crippen molar-refractivity contribution in [2.75, 3.05) is 24.5 Å². The lowest BCUT2D eigenvalue weighted by molar-refractivity contribution is -0.121. The maximum Gasteiger partial charge on any atom is 0.244 e. The quantitative estimate of drug-likeness (QED) is 0.893. The van der Waals surface area contributed by atoms with Crippen LogP contribution in [0.25, 0.3) is 0 Å². The molecule has 2 saturated heterocycles. The molecule has 19 heavy (non-hydrogen) atoms. The zero-order valence-electron chi connectivity index (χ0n) is 10.6. The highest BCUT2D eigenvalue weighted by atomic mass is 35.5. The Labute approximate surface area is 117 Å². The highest BCUT2D eigenvalue weighted by molar-refractivity contribution is 6.30. The first-order chi connectivity index (χ1) is 9.15. The SMILES string of the molecule is O=C1C(N2CC[C@@H](O)C2)CCN1c1cccc(Cl)c1. The van der Waals surface area contributed by atoms with Crippen LogP contribution in [0.15, 0.2) is 24.3 Å². The Hall–Kier alpha value is -1.10. The summed E-state index contributed by atoms with van der Waals surface area (Å²) in [6, 6.07) is 7.31. The Kier molecular flexibility index (Phi) is 3.48. The standard InChI is InChI=1S/C14H17ClN2O2/c15-10-2-1-3-11(8-10)17-7-5-13(14(17)19)16-6-4-12(18)9-16/h1-3,8,12-13,18H,4-7,9H2/t12-,13?/m1/s1. The second-order valence-electron chi connectivity index (χ2n) is 5.21. The summed E-state index contributed by atoms with van der Waals surface area (Å²) in [6.45, 7) is 2.14. The van der Waals surface area contributed by atoms with E-state index in [9.17, 15) is 9.90 Å². The zero-order chi connectivity index (χ0) is 13.4. The molecule has 1 unspecified atom stereocenters. The second-order valence-corrected chi connectivity index (χ2v) is 5.65. The van der Waals surface area contributed by atoms with Gasteiger partial charge in [0.15, 0.2) is 0 Å². The fraction of sp³-hybridized carbons (Fsp3) is 0.500. The first-order valence-corrected chi connectivity index (χ1v) is 7.02. The Morgan fingerprint density at radius 1 is 1.26 bits per heavy atom. The van der Waals surface area contributed by atoms with E-state index in [1.165, 1.54) is 0 Å². The number of halogens is 1. The van der Waals surface area contributed by atoms with E-state index >= 15 is 0 Å². The Bertz CT molecular complexity index is 494. The fourth-order valence-corrected chi connectivity index (χ4v) is 3.14. The van der Waals surface area contributed by atoms with Crippen LogP contribution in [0.3, 0.4) is 0 Å². The van der Waals surface area contributed by atoms with Crippen molar-refractivity contribution in [1.29, 1.82) is 0 Å². The maximum atomic E-state index is 12.5. The van der Waals surface area contributed by atoms with Crippen molar-refractivity contribution >= 4 is 23.2 Å². The van der Waals surface area contributed by atoms with Crippen LogP contribution in [0.2, 0.25) is 5.02 Å². The number of benzene rings is 1. The van der Waals surface area contributed by atoms with Crippen LogP contribution in [0.4, 0.5) is 5.69 Å². The number of rotatable bonds is 2. The predicted molar refractivity (Wildman–Crippen MR) is 74.4 cm³/mol. The molecule has 1 aromatic carbocycles. The van der Waals surface area contributed by atoms with Gasteiger partial charge in [0.1, 0.15) is 0 Å². The molecular formula is C14H17ClN2O2. The number of carbonyl (C=O) groups excluding carboxylic acids is 1. The van der Waals surface area contributed by atoms with Gasteiger partial charge >= 0.3 is 0 Å². The molecule has 0 bridgehead atoms. The van der Waals surface area contributed by atoms with E-state index in [-0.39, 0.29) is 18.1 Å². The van der Waals surface area contributed by atoms with Crippen molar-refractivity contribution in [2.45, 2.75) is 25.0 Å². The summed E-state index contributed by atoms with van der Waals surface area (Å²) >= 11 is 5.97. The van der Waals surface area contributed by atoms with E-state index in [4.69, 9.17) is 11.6 Å². The van der Waals surface area contributed by atoms with Crippen LogP contribution in [0, 0.1) is 0 Å². The first-order valence-electron chi connectivity index (χ1n) is 6.64. The van der Waals surface area contributed by atoms with Gasteiger partial charge in [0.25, 0.3) is 0 Å². The van der Waals surface area contributed by atoms with Crippen molar-refractivity contribution in [3.05, 3.63) is 29.3 Å². The predicted octanol–water partition coefficient (Wildman–Crippen LogP) is 1.51. The van der Waals surface area contributed by atoms with Gasteiger partial charge in [0, 0.05) is 30.3 Å². The van der Waals surface area contributed by atoms with E-state index in [1.807, 2.05) is 18.2 Å². The second kappa shape index (κ2) is 5.12. The molecule has 4 nitrogen and oxygen atoms in total. The molecule has 2 fully saturated rings. The van der Waals surface area contributed by atoms with Crippen LogP contribution in [-0.4, -0.2) is 47.7 Å². The number of aliphatic hydroxyl groups is 1. The van der Waals surface area contributed by atoms with Gasteiger partial charge < -0.3 is 10.0 Å². The Balaban J connectivity index is 1.75. The van der Waals surface area contributed by atoms with Gasteiger partial charge in [-0.2, -0.15) is 0 Å². The lowest BCUT2D eigenvalue weighted by Crippen LogP contribution is -2.41. The summed E-state index contributed by atoms with van der Waals surface area (Å²) in [5.41, 5.74) is 0.861. The molecule has 1 aromatic rings. The molecule has 0 spiro atoms. The van der Waals surface area contributed by atoms with E-state index < -0.39 is 0 Å². The van der Waals surface area contributed by atoms with Crippen molar-refractivity contribution in [3.8, 4) is 0 Å². The van der Waals surface area contributed by atoms with Gasteiger partial charge in [-0.15, -0.1) is 0 Å². The largest absolute Gasteiger partial charge is 0.392 e. The molecule has 1 amide bonds. The molecule has 5 heteroatoms. The molecule has 0 aromatic heterocycles. The van der Waals surface area contributed by atoms with E-state index in [0.29, 0.717) is 11.6 Å². The smallest absolute Gasteiger partial charge is 0.244 e. The van der Waals surface area contributed by atoms with Crippen molar-refractivity contribution in [1.82, 2.24) is 4.90 Å². The number of hydrogen-bond acceptors (Lipinski definition) is 3. The average molecular weight is 281 g/mol. The molecule has 0 saturated carbocycles. The normalized spacial score (nSPS) is 28.3. The average Bonchev–Trinajstić information content (AvgIpc) is 2.95. The molecule has 102 valence electrons. The minimum atomic E-state index is -0.284. The number of likely N-dealkylation sites (tertiary alicyclic amines) is 1. The third-order valence-corrected chi connectivity index (χ3v) is 4.17. The van der Waals surface area contributed by atoms with E-state index in [2.05, 4.69) is 4.90 Å². The number of anilines is 1. The van der Waals surface area contributed by atoms with Crippen LogP contribution < -0.4 is 4.90 Å². The number of β-amino-alcohol motifs (C(OH)–C–C–N with tert-alkyl or cyclic N) is 1. The summed E-state index contributed by atoms with van der Waals surface area (Å²) in [7, 11) is 0. The molecule has 2 heterocycles. The third kappa shape index (κ3) is 2.48. The van der Waals surface area contributed by atoms with Gasteiger partial charge in [-0.05, 0) is 31.0 Å². The van der Waals surface area contributed by atoms with Gasteiger partial charge in [0.05, 0.1) is 12.1 Å². The number of amides is 1. The minimum absolute atomic E-state index is 0.0869. The van der Waals surface area contributed by atoms with Crippen LogP contribution >= 0.6 is 11.6 Å². The highest BCUT2D eigenvalue weighted by Gasteiger charge is 2.39. The fourth-order valence-electron chi connectivity index (χ4n) is 2.96. The lowest BCUT2D eigenvalue weighted by Gasteiger charge is -2.23. The van der Waals surface area contributed by atoms with Crippen molar-refractivity contribution in [3.63, 3.8) is 0 Å². The monoisotopic (exact) mass is 280 g/mol. The van der Waals surface area contributed by atoms with Crippen molar-refractivity contribution < 1.29 is 9.90 Å². The summed E-state index contributed by atoms with van der Waals surface area (Å²) in [6.07, 6.45) is 1.30. The van der Waals surface area contributed by atoms with Crippen LogP contribution in [-0.2, 0) is 4.79 Å². The van der Waals surface area contributed by atoms with E-state index in [0.717, 1.165) is 31.6 Å². The summed E-state index contributed by atoms with van der Waals surface area (Å²) in [5.74, 6) is 0.122. The zero-order valence-corrected chi connectivity index (χ0v) is 11.4. The summed E-state index contributed by atoms with van der Waals surface area (Å²) in [5, 5.41) is 10.2. The molecule has 0 aliphatic carbocycles. The molecule has 1 N–H and O–H groups in total. The summed E-state index contributed by atoms with van der Waals surface area (Å²) in [4.78, 5) is 16.4. The van der Waals surface area contributed by atoms with Gasteiger partial charge in [-0.1, -0.05) is 17.7 Å². The van der Waals surface area contributed by atoms with Crippen LogP contribution in [0.5, 0.6) is 0 Å². The number of aliphatic hydroxyl groups excluding tert-OH is 1. The van der Waals surface area contributed by atoms with Crippen LogP contribution in [0.1, 0.15) is 12.8 Å². The number of carbonyl (C=O) groups is 1. The van der Waals surface area contributed by atoms with Gasteiger partial charge in [-0.25, -0.2) is 0 Å². The molecular weight excluding hydrogens is 264 g/mol. The summed E-state index contributed by atoms with van der Waals surface area (Å²) < 4.78 is 0. The maximum absolute atomic E-state index is 12.5. The first kappa shape index (κ1) is 12.9. The van der Waals surface area contributed by atoms with Gasteiger partial charge in [-0.3, -0.25) is 9.69 Å². The highest BCUT2D eigenvalue weighted by Crippen LogP contribution is 2.28. The lowest BCUT2D eigenvalue weighted by atomic mass is 10.2. The molecule has 3 rings (SSSR count).